The van der Waals surface area contributed by atoms with Crippen molar-refractivity contribution in [3.05, 3.63) is 48.5 Å². The van der Waals surface area contributed by atoms with E-state index in [0.717, 1.165) is 0 Å². The van der Waals surface area contributed by atoms with Crippen LogP contribution in [0.5, 0.6) is 5.75 Å². The Kier molecular flexibility index (Phi) is 5.92. The fourth-order valence-corrected chi connectivity index (χ4v) is 2.39. The average molecular weight is 362 g/mol. The van der Waals surface area contributed by atoms with Crippen LogP contribution in [0.3, 0.4) is 0 Å². The van der Waals surface area contributed by atoms with Gasteiger partial charge in [-0.25, -0.2) is 0 Å². The van der Waals surface area contributed by atoms with Crippen LogP contribution in [0.1, 0.15) is 0 Å². The molecule has 126 valence electrons. The number of nitrogen functional groups attached to an aromatic ring is 2. The van der Waals surface area contributed by atoms with Gasteiger partial charge in [0.05, 0.1) is 0 Å². The largest absolute Gasteiger partial charge is 0.399 e. The van der Waals surface area contributed by atoms with Gasteiger partial charge in [-0.1, -0.05) is 12.1 Å². The molecular weight excluding hydrogens is 348 g/mol. The van der Waals surface area contributed by atoms with Crippen molar-refractivity contribution in [3.8, 4) is 5.75 Å². The summed E-state index contributed by atoms with van der Waals surface area (Å²) in [5, 5.41) is 0. The van der Waals surface area contributed by atoms with Gasteiger partial charge in [0.2, 0.25) is 0 Å². The summed E-state index contributed by atoms with van der Waals surface area (Å²) in [5.41, 5.74) is 11.9. The SMILES string of the molecule is Nc1cccc(OS(=O)(=O)c2cccc(N)c2)c1.O=S(=O)(O)O. The number of hydrogen-bond acceptors (Lipinski definition) is 7. The lowest BCUT2D eigenvalue weighted by atomic mass is 10.3. The molecule has 0 aliphatic rings. The van der Waals surface area contributed by atoms with Gasteiger partial charge < -0.3 is 15.7 Å². The summed E-state index contributed by atoms with van der Waals surface area (Å²) in [6.07, 6.45) is 0. The summed E-state index contributed by atoms with van der Waals surface area (Å²) in [7, 11) is -8.55. The van der Waals surface area contributed by atoms with Gasteiger partial charge in [0.15, 0.2) is 0 Å². The van der Waals surface area contributed by atoms with Crippen LogP contribution in [0, 0.1) is 0 Å². The van der Waals surface area contributed by atoms with Crippen molar-refractivity contribution in [1.29, 1.82) is 0 Å². The van der Waals surface area contributed by atoms with Crippen molar-refractivity contribution in [1.82, 2.24) is 0 Å². The lowest BCUT2D eigenvalue weighted by Gasteiger charge is -2.07. The smallest absolute Gasteiger partial charge is 0.394 e. The predicted octanol–water partition coefficient (Wildman–Crippen LogP) is 0.966. The van der Waals surface area contributed by atoms with E-state index < -0.39 is 20.5 Å². The van der Waals surface area contributed by atoms with E-state index in [9.17, 15) is 8.42 Å². The van der Waals surface area contributed by atoms with Gasteiger partial charge in [0.1, 0.15) is 10.6 Å². The van der Waals surface area contributed by atoms with Gasteiger partial charge >= 0.3 is 20.5 Å². The molecule has 6 N–H and O–H groups in total. The molecule has 2 aromatic carbocycles. The average Bonchev–Trinajstić information content (AvgIpc) is 2.36. The first-order chi connectivity index (χ1) is 10.5. The van der Waals surface area contributed by atoms with E-state index in [2.05, 4.69) is 0 Å². The van der Waals surface area contributed by atoms with Crippen LogP contribution in [0.25, 0.3) is 0 Å². The van der Waals surface area contributed by atoms with Crippen LogP contribution in [-0.2, 0) is 20.5 Å². The van der Waals surface area contributed by atoms with Crippen molar-refractivity contribution in [2.45, 2.75) is 4.90 Å². The number of nitrogens with two attached hydrogens (primary N) is 2. The fourth-order valence-electron chi connectivity index (χ4n) is 1.41. The summed E-state index contributed by atoms with van der Waals surface area (Å²) in [6, 6.07) is 12.1. The van der Waals surface area contributed by atoms with Gasteiger partial charge in [-0.2, -0.15) is 16.8 Å². The third-order valence-electron chi connectivity index (χ3n) is 2.21. The quantitative estimate of drug-likeness (QED) is 0.353. The van der Waals surface area contributed by atoms with Gasteiger partial charge in [-0.3, -0.25) is 9.11 Å². The zero-order valence-electron chi connectivity index (χ0n) is 11.5. The zero-order chi connectivity index (χ0) is 17.7. The summed E-state index contributed by atoms with van der Waals surface area (Å²) in [5.74, 6) is 0.164. The van der Waals surface area contributed by atoms with Gasteiger partial charge in [0.25, 0.3) is 0 Å². The van der Waals surface area contributed by atoms with Gasteiger partial charge in [-0.15, -0.1) is 0 Å². The molecule has 0 bridgehead atoms. The molecule has 0 unspecified atom stereocenters. The molecule has 23 heavy (non-hydrogen) atoms. The summed E-state index contributed by atoms with van der Waals surface area (Å²) >= 11 is 0. The number of rotatable bonds is 3. The van der Waals surface area contributed by atoms with Crippen LogP contribution in [0.4, 0.5) is 11.4 Å². The highest BCUT2D eigenvalue weighted by Crippen LogP contribution is 2.21. The van der Waals surface area contributed by atoms with Crippen LogP contribution in [0.15, 0.2) is 53.4 Å². The molecule has 0 amide bonds. The highest BCUT2D eigenvalue weighted by Gasteiger charge is 2.16. The third kappa shape index (κ3) is 7.46. The topological polar surface area (TPSA) is 170 Å². The Morgan fingerprint density at radius 3 is 1.78 bits per heavy atom. The standard InChI is InChI=1S/C12H12N2O3S.H2O4S/c13-9-3-1-5-11(7-9)17-18(15,16)12-6-2-4-10(14)8-12;1-5(2,3)4/h1-8H,13-14H2;(H2,1,2,3,4). The molecule has 0 aliphatic heterocycles. The molecule has 0 aromatic heterocycles. The number of anilines is 2. The molecule has 0 fully saturated rings. The second kappa shape index (κ2) is 7.28. The monoisotopic (exact) mass is 362 g/mol. The van der Waals surface area contributed by atoms with Crippen molar-refractivity contribution >= 4 is 31.9 Å². The second-order valence-corrected chi connectivity index (χ2v) is 6.57. The van der Waals surface area contributed by atoms with Gasteiger partial charge in [-0.05, 0) is 30.3 Å². The molecule has 0 saturated carbocycles. The number of benzene rings is 2. The minimum Gasteiger partial charge on any atom is -0.399 e. The molecule has 2 rings (SSSR count). The Morgan fingerprint density at radius 1 is 0.826 bits per heavy atom. The van der Waals surface area contributed by atoms with Crippen LogP contribution in [-0.4, -0.2) is 25.9 Å². The minimum atomic E-state index is -4.67. The fraction of sp³-hybridized carbons (Fsp3) is 0. The summed E-state index contributed by atoms with van der Waals surface area (Å²) in [4.78, 5) is 0.00456. The van der Waals surface area contributed by atoms with E-state index in [0.29, 0.717) is 11.4 Å². The van der Waals surface area contributed by atoms with E-state index in [-0.39, 0.29) is 10.6 Å². The summed E-state index contributed by atoms with van der Waals surface area (Å²) < 4.78 is 60.4. The summed E-state index contributed by atoms with van der Waals surface area (Å²) in [6.45, 7) is 0. The Morgan fingerprint density at radius 2 is 1.30 bits per heavy atom. The molecule has 0 aliphatic carbocycles. The molecule has 0 radical (unpaired) electrons. The van der Waals surface area contributed by atoms with E-state index in [1.807, 2.05) is 0 Å². The maximum atomic E-state index is 11.9. The molecule has 0 atom stereocenters. The lowest BCUT2D eigenvalue weighted by Crippen LogP contribution is -2.10. The molecule has 2 aromatic rings. The van der Waals surface area contributed by atoms with Crippen LogP contribution in [0.2, 0.25) is 0 Å². The molecule has 11 heteroatoms. The number of hydrogen-bond donors (Lipinski definition) is 4. The molecule has 9 nitrogen and oxygen atoms in total. The Balaban J connectivity index is 0.000000463. The molecule has 0 heterocycles. The zero-order valence-corrected chi connectivity index (χ0v) is 13.2. The molecule has 0 saturated heterocycles. The van der Waals surface area contributed by atoms with E-state index in [4.69, 9.17) is 33.2 Å². The molecular formula is C12H14N2O7S2. The Labute approximate surface area is 133 Å². The highest BCUT2D eigenvalue weighted by atomic mass is 32.3. The van der Waals surface area contributed by atoms with E-state index >= 15 is 0 Å². The highest BCUT2D eigenvalue weighted by molar-refractivity contribution is 7.87. The first-order valence-corrected chi connectivity index (χ1v) is 8.63. The van der Waals surface area contributed by atoms with Crippen LogP contribution >= 0.6 is 0 Å². The van der Waals surface area contributed by atoms with Crippen molar-refractivity contribution < 1.29 is 30.1 Å². The van der Waals surface area contributed by atoms with Crippen molar-refractivity contribution in [3.63, 3.8) is 0 Å². The first-order valence-electron chi connectivity index (χ1n) is 5.83. The third-order valence-corrected chi connectivity index (χ3v) is 3.45. The minimum absolute atomic E-state index is 0.00456. The van der Waals surface area contributed by atoms with E-state index in [1.165, 1.54) is 24.3 Å². The maximum absolute atomic E-state index is 11.9. The first kappa shape index (κ1) is 18.7. The van der Waals surface area contributed by atoms with Crippen molar-refractivity contribution in [2.24, 2.45) is 0 Å². The predicted molar refractivity (Wildman–Crippen MR) is 83.7 cm³/mol. The van der Waals surface area contributed by atoms with Gasteiger partial charge in [0, 0.05) is 17.4 Å². The van der Waals surface area contributed by atoms with Crippen LogP contribution < -0.4 is 15.7 Å². The van der Waals surface area contributed by atoms with E-state index in [1.54, 1.807) is 24.3 Å². The Hall–Kier alpha value is -2.34. The Bertz CT molecular complexity index is 872. The molecule has 0 spiro atoms. The second-order valence-electron chi connectivity index (χ2n) is 4.13. The normalized spacial score (nSPS) is 11.2. The van der Waals surface area contributed by atoms with Crippen molar-refractivity contribution in [2.75, 3.05) is 11.5 Å². The lowest BCUT2D eigenvalue weighted by molar-refractivity contribution is 0.381. The maximum Gasteiger partial charge on any atom is 0.394 e.